The topological polar surface area (TPSA) is 118 Å². The summed E-state index contributed by atoms with van der Waals surface area (Å²) in [5, 5.41) is 11.7. The van der Waals surface area contributed by atoms with E-state index in [2.05, 4.69) is 65.7 Å². The Balaban J connectivity index is 1.04. The number of aromatic amines is 1. The van der Waals surface area contributed by atoms with E-state index in [0.29, 0.717) is 36.2 Å². The largest absolute Gasteiger partial charge is 0.390 e. The maximum absolute atomic E-state index is 10.9. The van der Waals surface area contributed by atoms with Gasteiger partial charge >= 0.3 is 0 Å². The summed E-state index contributed by atoms with van der Waals surface area (Å²) >= 11 is 0. The molecule has 0 amide bonds. The molecule has 9 nitrogen and oxygen atoms in total. The van der Waals surface area contributed by atoms with Crippen LogP contribution in [0.25, 0.3) is 22.1 Å². The van der Waals surface area contributed by atoms with E-state index in [4.69, 9.17) is 15.5 Å². The second-order valence-corrected chi connectivity index (χ2v) is 12.1. The number of aliphatic hydroxyl groups is 1. The molecule has 0 bridgehead atoms. The number of rotatable bonds is 9. The molecule has 4 heterocycles. The molecule has 6 rings (SSSR count). The Morgan fingerprint density at radius 1 is 1.15 bits per heavy atom. The molecular formula is C30H41N7O2. The quantitative estimate of drug-likeness (QED) is 0.284. The Morgan fingerprint density at radius 2 is 1.97 bits per heavy atom. The number of nitrogens with one attached hydrogen (secondary N) is 1. The van der Waals surface area contributed by atoms with Crippen molar-refractivity contribution in [2.45, 2.75) is 96.2 Å². The van der Waals surface area contributed by atoms with Crippen LogP contribution in [0.3, 0.4) is 0 Å². The number of ether oxygens (including phenoxy) is 1. The first-order chi connectivity index (χ1) is 18.8. The average Bonchev–Trinajstić information content (AvgIpc) is 3.58. The zero-order valence-electron chi connectivity index (χ0n) is 23.4. The van der Waals surface area contributed by atoms with Crippen LogP contribution in [0.5, 0.6) is 0 Å². The number of imidazole rings is 1. The third-order valence-electron chi connectivity index (χ3n) is 8.80. The molecule has 0 spiro atoms. The van der Waals surface area contributed by atoms with Crippen molar-refractivity contribution in [1.29, 1.82) is 0 Å². The van der Waals surface area contributed by atoms with E-state index < -0.39 is 6.10 Å². The van der Waals surface area contributed by atoms with Crippen molar-refractivity contribution in [2.75, 3.05) is 12.3 Å². The highest BCUT2D eigenvalue weighted by atomic mass is 16.5. The fraction of sp³-hybridized carbons (Fsp3) is 0.567. The SMILES string of the molecule is CC(C)c1ccc2nc(CCC3CC(N(CC4OC(n5ccc6c(N)ncnc65)CC4O)C(C)C)C3)[nH]c2c1. The van der Waals surface area contributed by atoms with Gasteiger partial charge in [-0.25, -0.2) is 15.0 Å². The number of benzene rings is 1. The van der Waals surface area contributed by atoms with Crippen molar-refractivity contribution >= 4 is 27.9 Å². The van der Waals surface area contributed by atoms with Gasteiger partial charge in [-0.2, -0.15) is 0 Å². The highest BCUT2D eigenvalue weighted by Crippen LogP contribution is 2.38. The molecule has 39 heavy (non-hydrogen) atoms. The van der Waals surface area contributed by atoms with Crippen molar-refractivity contribution in [1.82, 2.24) is 29.4 Å². The standard InChI is InChI=1S/C30H41N7O2/c1-17(2)20-6-7-23-24(13-20)35-27(34-23)8-5-19-11-21(12-19)37(18(3)4)15-26-25(38)14-28(39-26)36-10-9-22-29(31)32-16-33-30(22)36/h6-7,9-10,13,16-19,21,25-26,28,38H,5,8,11-12,14-15H2,1-4H3,(H,34,35)(H2,31,32,33). The second kappa shape index (κ2) is 10.5. The van der Waals surface area contributed by atoms with Crippen molar-refractivity contribution in [2.24, 2.45) is 5.92 Å². The number of hydrogen-bond acceptors (Lipinski definition) is 7. The van der Waals surface area contributed by atoms with Gasteiger partial charge in [0, 0.05) is 37.7 Å². The van der Waals surface area contributed by atoms with E-state index >= 15 is 0 Å². The van der Waals surface area contributed by atoms with Gasteiger partial charge in [-0.15, -0.1) is 0 Å². The van der Waals surface area contributed by atoms with Gasteiger partial charge in [-0.3, -0.25) is 4.90 Å². The van der Waals surface area contributed by atoms with Crippen LogP contribution in [0, 0.1) is 5.92 Å². The van der Waals surface area contributed by atoms with Crippen molar-refractivity contribution in [3.63, 3.8) is 0 Å². The molecule has 1 aliphatic heterocycles. The highest BCUT2D eigenvalue weighted by molar-refractivity contribution is 5.86. The van der Waals surface area contributed by atoms with Gasteiger partial charge in [0.2, 0.25) is 0 Å². The van der Waals surface area contributed by atoms with Gasteiger partial charge in [0.15, 0.2) is 0 Å². The lowest BCUT2D eigenvalue weighted by molar-refractivity contribution is -0.0578. The minimum Gasteiger partial charge on any atom is -0.390 e. The predicted octanol–water partition coefficient (Wildman–Crippen LogP) is 4.78. The molecule has 1 saturated carbocycles. The number of anilines is 1. The Morgan fingerprint density at radius 3 is 2.74 bits per heavy atom. The zero-order valence-corrected chi connectivity index (χ0v) is 23.4. The Hall–Kier alpha value is -3.01. The number of aromatic nitrogens is 5. The molecule has 9 heteroatoms. The summed E-state index contributed by atoms with van der Waals surface area (Å²) < 4.78 is 8.38. The normalized spacial score (nSPS) is 25.5. The van der Waals surface area contributed by atoms with Crippen LogP contribution in [-0.4, -0.2) is 65.3 Å². The predicted molar refractivity (Wildman–Crippen MR) is 153 cm³/mol. The summed E-state index contributed by atoms with van der Waals surface area (Å²) in [5.41, 5.74) is 10.3. The molecule has 3 atom stereocenters. The number of fused-ring (bicyclic) bond motifs is 2. The molecule has 208 valence electrons. The minimum atomic E-state index is -0.520. The lowest BCUT2D eigenvalue weighted by Gasteiger charge is -2.46. The summed E-state index contributed by atoms with van der Waals surface area (Å²) in [6, 6.07) is 9.38. The van der Waals surface area contributed by atoms with Crippen molar-refractivity contribution in [3.8, 4) is 0 Å². The molecule has 4 N–H and O–H groups in total. The fourth-order valence-electron chi connectivity index (χ4n) is 6.37. The molecule has 1 aromatic carbocycles. The van der Waals surface area contributed by atoms with Crippen molar-refractivity contribution < 1.29 is 9.84 Å². The van der Waals surface area contributed by atoms with E-state index in [1.165, 1.54) is 24.7 Å². The second-order valence-electron chi connectivity index (χ2n) is 12.1. The van der Waals surface area contributed by atoms with E-state index in [1.54, 1.807) is 0 Å². The Labute approximate surface area is 229 Å². The number of H-pyrrole nitrogens is 1. The number of hydrogen-bond donors (Lipinski definition) is 3. The first-order valence-corrected chi connectivity index (χ1v) is 14.4. The molecular weight excluding hydrogens is 490 g/mol. The van der Waals surface area contributed by atoms with Crippen LogP contribution >= 0.6 is 0 Å². The van der Waals surface area contributed by atoms with Crippen LogP contribution in [0.1, 0.15) is 76.9 Å². The van der Waals surface area contributed by atoms with Gasteiger partial charge in [0.1, 0.15) is 29.8 Å². The molecule has 0 radical (unpaired) electrons. The number of aliphatic hydroxyl groups excluding tert-OH is 1. The van der Waals surface area contributed by atoms with E-state index in [9.17, 15) is 5.11 Å². The van der Waals surface area contributed by atoms with Crippen molar-refractivity contribution in [3.05, 3.63) is 48.2 Å². The third kappa shape index (κ3) is 5.15. The molecule has 3 aromatic heterocycles. The monoisotopic (exact) mass is 531 g/mol. The van der Waals surface area contributed by atoms with E-state index in [-0.39, 0.29) is 12.3 Å². The Kier molecular flexibility index (Phi) is 7.07. The Bertz CT molecular complexity index is 1440. The van der Waals surface area contributed by atoms with Gasteiger partial charge in [-0.1, -0.05) is 19.9 Å². The summed E-state index contributed by atoms with van der Waals surface area (Å²) in [5.74, 6) is 2.77. The van der Waals surface area contributed by atoms with Gasteiger partial charge in [0.05, 0.1) is 28.6 Å². The van der Waals surface area contributed by atoms with Crippen LogP contribution in [-0.2, 0) is 11.2 Å². The summed E-state index contributed by atoms with van der Waals surface area (Å²) in [6.45, 7) is 9.65. The van der Waals surface area contributed by atoms with Crippen LogP contribution in [0.15, 0.2) is 36.8 Å². The lowest BCUT2D eigenvalue weighted by atomic mass is 9.76. The number of nitrogen functional groups attached to an aromatic ring is 1. The smallest absolute Gasteiger partial charge is 0.147 e. The molecule has 2 fully saturated rings. The first-order valence-electron chi connectivity index (χ1n) is 14.4. The average molecular weight is 532 g/mol. The fourth-order valence-corrected chi connectivity index (χ4v) is 6.37. The molecule has 4 aromatic rings. The van der Waals surface area contributed by atoms with Crippen LogP contribution in [0.2, 0.25) is 0 Å². The summed E-state index contributed by atoms with van der Waals surface area (Å²) in [6.07, 6.45) is 7.41. The van der Waals surface area contributed by atoms with Gasteiger partial charge in [-0.05, 0) is 68.7 Å². The van der Waals surface area contributed by atoms with Crippen LogP contribution < -0.4 is 5.73 Å². The summed E-state index contributed by atoms with van der Waals surface area (Å²) in [7, 11) is 0. The van der Waals surface area contributed by atoms with Gasteiger partial charge in [0.25, 0.3) is 0 Å². The maximum atomic E-state index is 10.9. The van der Waals surface area contributed by atoms with Gasteiger partial charge < -0.3 is 25.1 Å². The first kappa shape index (κ1) is 26.2. The maximum Gasteiger partial charge on any atom is 0.147 e. The summed E-state index contributed by atoms with van der Waals surface area (Å²) in [4.78, 5) is 19.4. The zero-order chi connectivity index (χ0) is 27.3. The lowest BCUT2D eigenvalue weighted by Crippen LogP contribution is -2.52. The molecule has 1 saturated heterocycles. The van der Waals surface area contributed by atoms with Crippen LogP contribution in [0.4, 0.5) is 5.82 Å². The van der Waals surface area contributed by atoms with E-state index in [0.717, 1.165) is 47.3 Å². The molecule has 3 unspecified atom stereocenters. The number of nitrogens with two attached hydrogens (primary N) is 1. The minimum absolute atomic E-state index is 0.237. The molecule has 1 aliphatic carbocycles. The molecule has 2 aliphatic rings. The third-order valence-corrected chi connectivity index (χ3v) is 8.80. The highest BCUT2D eigenvalue weighted by Gasteiger charge is 2.41. The van der Waals surface area contributed by atoms with E-state index in [1.807, 2.05) is 16.8 Å². The number of nitrogens with zero attached hydrogens (tertiary/aromatic N) is 5. The number of aryl methyl sites for hydroxylation is 1.